The average Bonchev–Trinajstić information content (AvgIpc) is 2.30. The molecule has 0 aliphatic carbocycles. The van der Waals surface area contributed by atoms with Crippen LogP contribution in [0.15, 0.2) is 23.2 Å². The normalized spacial score (nSPS) is 10.8. The van der Waals surface area contributed by atoms with E-state index in [1.54, 1.807) is 18.5 Å². The van der Waals surface area contributed by atoms with E-state index in [2.05, 4.69) is 10.3 Å². The lowest BCUT2D eigenvalue weighted by molar-refractivity contribution is 0.411. The Morgan fingerprint density at radius 1 is 1.62 bits per heavy atom. The van der Waals surface area contributed by atoms with Crippen LogP contribution >= 0.6 is 11.8 Å². The highest BCUT2D eigenvalue weighted by atomic mass is 32.2. The summed E-state index contributed by atoms with van der Waals surface area (Å²) in [5.74, 6) is -0.0685. The predicted octanol–water partition coefficient (Wildman–Crippen LogP) is 2.26. The highest BCUT2D eigenvalue weighted by Crippen LogP contribution is 2.23. The van der Waals surface area contributed by atoms with Crippen LogP contribution in [0.2, 0.25) is 0 Å². The minimum Gasteiger partial charge on any atom is -0.497 e. The molecule has 4 nitrogen and oxygen atoms in total. The van der Waals surface area contributed by atoms with Gasteiger partial charge in [0.15, 0.2) is 17.2 Å². The third-order valence-corrected chi connectivity index (χ3v) is 2.31. The number of thioether (sulfide) groups is 1. The number of methoxy groups -OCH3 is 1. The maximum atomic E-state index is 13.5. The molecule has 0 spiro atoms. The Kier molecular flexibility index (Phi) is 4.61. The number of nitriles is 1. The molecule has 0 atom stereocenters. The van der Waals surface area contributed by atoms with Crippen LogP contribution < -0.4 is 10.1 Å². The quantitative estimate of drug-likeness (QED) is 0.372. The lowest BCUT2D eigenvalue weighted by Gasteiger charge is -2.03. The van der Waals surface area contributed by atoms with Crippen molar-refractivity contribution in [2.75, 3.05) is 13.4 Å². The third-order valence-electron chi connectivity index (χ3n) is 1.73. The fourth-order valence-corrected chi connectivity index (χ4v) is 1.32. The van der Waals surface area contributed by atoms with Crippen molar-refractivity contribution in [1.82, 2.24) is 5.32 Å². The van der Waals surface area contributed by atoms with Crippen molar-refractivity contribution in [3.63, 3.8) is 0 Å². The first-order chi connectivity index (χ1) is 7.71. The first-order valence-corrected chi connectivity index (χ1v) is 5.55. The molecule has 0 bridgehead atoms. The molecule has 16 heavy (non-hydrogen) atoms. The molecule has 0 heterocycles. The van der Waals surface area contributed by atoms with Crippen LogP contribution in [0.1, 0.15) is 0 Å². The van der Waals surface area contributed by atoms with Crippen molar-refractivity contribution in [1.29, 1.82) is 5.26 Å². The Hall–Kier alpha value is -1.74. The van der Waals surface area contributed by atoms with Gasteiger partial charge in [0.05, 0.1) is 7.11 Å². The highest BCUT2D eigenvalue weighted by Gasteiger charge is 2.04. The summed E-state index contributed by atoms with van der Waals surface area (Å²) in [6, 6.07) is 4.33. The molecule has 0 aliphatic rings. The number of rotatable bonds is 2. The second-order valence-corrected chi connectivity index (χ2v) is 3.47. The van der Waals surface area contributed by atoms with Gasteiger partial charge in [-0.3, -0.25) is 5.32 Å². The Balaban J connectivity index is 3.01. The summed E-state index contributed by atoms with van der Waals surface area (Å²) in [7, 11) is 1.46. The summed E-state index contributed by atoms with van der Waals surface area (Å²) in [6.45, 7) is 0. The van der Waals surface area contributed by atoms with Crippen molar-refractivity contribution >= 4 is 22.6 Å². The topological polar surface area (TPSA) is 57.4 Å². The zero-order chi connectivity index (χ0) is 12.0. The molecule has 84 valence electrons. The van der Waals surface area contributed by atoms with Gasteiger partial charge < -0.3 is 4.74 Å². The summed E-state index contributed by atoms with van der Waals surface area (Å²) in [5, 5.41) is 11.1. The van der Waals surface area contributed by atoms with Gasteiger partial charge in [0.2, 0.25) is 0 Å². The third kappa shape index (κ3) is 3.14. The van der Waals surface area contributed by atoms with Crippen LogP contribution in [0.3, 0.4) is 0 Å². The number of amidine groups is 1. The van der Waals surface area contributed by atoms with Crippen molar-refractivity contribution in [3.8, 4) is 11.9 Å². The number of nitrogens with zero attached hydrogens (tertiary/aromatic N) is 2. The predicted molar refractivity (Wildman–Crippen MR) is 62.3 cm³/mol. The number of nitrogens with one attached hydrogen (secondary N) is 1. The molecule has 0 aliphatic heterocycles. The van der Waals surface area contributed by atoms with Crippen LogP contribution in [0.25, 0.3) is 0 Å². The van der Waals surface area contributed by atoms with Crippen molar-refractivity contribution in [3.05, 3.63) is 24.0 Å². The first kappa shape index (κ1) is 12.3. The van der Waals surface area contributed by atoms with Gasteiger partial charge >= 0.3 is 0 Å². The Morgan fingerprint density at radius 2 is 2.38 bits per heavy atom. The molecule has 1 aromatic carbocycles. The van der Waals surface area contributed by atoms with Gasteiger partial charge in [-0.15, -0.1) is 0 Å². The van der Waals surface area contributed by atoms with Crippen molar-refractivity contribution in [2.24, 2.45) is 4.99 Å². The van der Waals surface area contributed by atoms with E-state index in [1.807, 2.05) is 0 Å². The van der Waals surface area contributed by atoms with Gasteiger partial charge in [0.25, 0.3) is 0 Å². The minimum atomic E-state index is -0.495. The molecule has 0 saturated heterocycles. The van der Waals surface area contributed by atoms with E-state index in [0.29, 0.717) is 10.9 Å². The maximum absolute atomic E-state index is 13.5. The van der Waals surface area contributed by atoms with Crippen LogP contribution in [-0.2, 0) is 0 Å². The number of hydrogen-bond acceptors (Lipinski definition) is 4. The first-order valence-electron chi connectivity index (χ1n) is 4.32. The smallest absolute Gasteiger partial charge is 0.183 e. The molecule has 0 saturated carbocycles. The van der Waals surface area contributed by atoms with E-state index in [9.17, 15) is 4.39 Å². The van der Waals surface area contributed by atoms with Gasteiger partial charge in [0.1, 0.15) is 11.4 Å². The summed E-state index contributed by atoms with van der Waals surface area (Å²) in [4.78, 5) is 3.96. The summed E-state index contributed by atoms with van der Waals surface area (Å²) < 4.78 is 18.3. The molecule has 0 amide bonds. The van der Waals surface area contributed by atoms with Gasteiger partial charge in [-0.1, -0.05) is 11.8 Å². The Morgan fingerprint density at radius 3 is 2.88 bits per heavy atom. The zero-order valence-corrected chi connectivity index (χ0v) is 9.64. The van der Waals surface area contributed by atoms with E-state index < -0.39 is 5.82 Å². The second-order valence-electron chi connectivity index (χ2n) is 2.68. The fourth-order valence-electron chi connectivity index (χ4n) is 0.987. The highest BCUT2D eigenvalue weighted by molar-refractivity contribution is 8.13. The van der Waals surface area contributed by atoms with Gasteiger partial charge in [-0.25, -0.2) is 9.38 Å². The van der Waals surface area contributed by atoms with Gasteiger partial charge in [-0.05, 0) is 18.4 Å². The SMILES string of the molecule is COc1ccc(N=C(NC#N)SC)c(F)c1. The monoisotopic (exact) mass is 239 g/mol. The molecular weight excluding hydrogens is 229 g/mol. The standard InChI is InChI=1S/C10H10FN3OS/c1-15-7-3-4-9(8(11)5-7)14-10(16-2)13-6-12/h3-5H,1-2H3,(H,13,14). The van der Waals surface area contributed by atoms with Crippen molar-refractivity contribution < 1.29 is 9.13 Å². The Labute approximate surface area is 97.1 Å². The number of halogens is 1. The average molecular weight is 239 g/mol. The van der Waals surface area contributed by atoms with Crippen molar-refractivity contribution in [2.45, 2.75) is 0 Å². The number of aliphatic imine (C=N–C) groups is 1. The van der Waals surface area contributed by atoms with E-state index in [1.165, 1.54) is 31.0 Å². The molecule has 0 radical (unpaired) electrons. The molecule has 1 aromatic rings. The second kappa shape index (κ2) is 5.98. The van der Waals surface area contributed by atoms with Crippen LogP contribution in [0.5, 0.6) is 5.75 Å². The van der Waals surface area contributed by atoms with Gasteiger partial charge in [-0.2, -0.15) is 5.26 Å². The lowest BCUT2D eigenvalue weighted by atomic mass is 10.3. The van der Waals surface area contributed by atoms with E-state index in [4.69, 9.17) is 10.00 Å². The Bertz CT molecular complexity index is 442. The number of benzene rings is 1. The van der Waals surface area contributed by atoms with E-state index >= 15 is 0 Å². The maximum Gasteiger partial charge on any atom is 0.183 e. The summed E-state index contributed by atoms with van der Waals surface area (Å²) in [5.41, 5.74) is 0.160. The van der Waals surface area contributed by atoms with E-state index in [-0.39, 0.29) is 5.69 Å². The van der Waals surface area contributed by atoms with Gasteiger partial charge in [0, 0.05) is 6.07 Å². The van der Waals surface area contributed by atoms with Crippen LogP contribution in [-0.4, -0.2) is 18.5 Å². The van der Waals surface area contributed by atoms with E-state index in [0.717, 1.165) is 0 Å². The minimum absolute atomic E-state index is 0.160. The summed E-state index contributed by atoms with van der Waals surface area (Å²) >= 11 is 1.23. The molecule has 0 fully saturated rings. The molecule has 1 N–H and O–H groups in total. The fraction of sp³-hybridized carbons (Fsp3) is 0.200. The number of ether oxygens (including phenoxy) is 1. The van der Waals surface area contributed by atoms with Crippen LogP contribution in [0, 0.1) is 17.3 Å². The van der Waals surface area contributed by atoms with Crippen LogP contribution in [0.4, 0.5) is 10.1 Å². The number of hydrogen-bond donors (Lipinski definition) is 1. The molecular formula is C10H10FN3OS. The molecule has 0 aromatic heterocycles. The molecule has 0 unspecified atom stereocenters. The molecule has 6 heteroatoms. The summed E-state index contributed by atoms with van der Waals surface area (Å²) in [6.07, 6.45) is 3.47. The molecule has 1 rings (SSSR count). The zero-order valence-electron chi connectivity index (χ0n) is 8.82. The lowest BCUT2D eigenvalue weighted by Crippen LogP contribution is -2.12. The largest absolute Gasteiger partial charge is 0.497 e.